The Kier molecular flexibility index (Phi) is 40.8. The van der Waals surface area contributed by atoms with Gasteiger partial charge >= 0.3 is 5.97 Å². The first kappa shape index (κ1) is 63.0. The number of carbonyl (C=O) groups is 2. The maximum absolute atomic E-state index is 13.2. The van der Waals surface area contributed by atoms with E-state index in [0.29, 0.717) is 19.3 Å². The van der Waals surface area contributed by atoms with Gasteiger partial charge in [-0.3, -0.25) is 9.59 Å². The Morgan fingerprint density at radius 2 is 0.942 bits per heavy atom. The number of ether oxygens (including phenoxy) is 3. The summed E-state index contributed by atoms with van der Waals surface area (Å²) in [5, 5.41) is 46.5. The predicted molar refractivity (Wildman–Crippen MR) is 283 cm³/mol. The number of aryl methyl sites for hydroxylation is 1. The first-order chi connectivity index (χ1) is 33.8. The fourth-order valence-electron chi connectivity index (χ4n) is 9.70. The molecular formula is C59H107NO9. The zero-order chi connectivity index (χ0) is 49.8. The average Bonchev–Trinajstić information content (AvgIpc) is 3.35. The average molecular weight is 975 g/mol. The Morgan fingerprint density at radius 3 is 1.38 bits per heavy atom. The molecule has 1 saturated heterocycles. The van der Waals surface area contributed by atoms with Crippen LogP contribution in [0.15, 0.2) is 30.3 Å². The van der Waals surface area contributed by atoms with E-state index in [1.807, 2.05) is 30.3 Å². The van der Waals surface area contributed by atoms with Crippen molar-refractivity contribution in [2.75, 3.05) is 13.2 Å². The first-order valence-electron chi connectivity index (χ1n) is 29.2. The molecule has 0 unspecified atom stereocenters. The van der Waals surface area contributed by atoms with Gasteiger partial charge in [0.05, 0.1) is 18.8 Å². The van der Waals surface area contributed by atoms with E-state index >= 15 is 0 Å². The van der Waals surface area contributed by atoms with E-state index in [2.05, 4.69) is 19.2 Å². The van der Waals surface area contributed by atoms with Crippen LogP contribution in [0.4, 0.5) is 0 Å². The maximum Gasteiger partial charge on any atom is 0.306 e. The molecular weight excluding hydrogens is 867 g/mol. The summed E-state index contributed by atoms with van der Waals surface area (Å²) < 4.78 is 17.2. The number of esters is 1. The normalized spacial score (nSPS) is 19.1. The molecule has 1 heterocycles. The Labute approximate surface area is 422 Å². The lowest BCUT2D eigenvalue weighted by atomic mass is 9.99. The number of amides is 1. The second kappa shape index (κ2) is 44.6. The van der Waals surface area contributed by atoms with Crippen LogP contribution < -0.4 is 5.32 Å². The first-order valence-corrected chi connectivity index (χ1v) is 29.2. The molecule has 69 heavy (non-hydrogen) atoms. The highest BCUT2D eigenvalue weighted by Crippen LogP contribution is 2.24. The second-order valence-corrected chi connectivity index (χ2v) is 20.8. The SMILES string of the molecule is CCCCCCCCCCCCCCCCCCCCCCCCCC(=O)N[C@@H](CO[C@H]1O[C@H](COC(=O)CCc2ccccc2)[C@H](O)[C@H](O)[C@H]1O)[C@H](O)CCCCCCCCCCCCCCC. The summed E-state index contributed by atoms with van der Waals surface area (Å²) in [5.41, 5.74) is 0.995. The van der Waals surface area contributed by atoms with Gasteiger partial charge in [-0.15, -0.1) is 0 Å². The molecule has 1 fully saturated rings. The number of hydrogen-bond donors (Lipinski definition) is 5. The summed E-state index contributed by atoms with van der Waals surface area (Å²) in [6, 6.07) is 8.81. The lowest BCUT2D eigenvalue weighted by Gasteiger charge is -2.40. The van der Waals surface area contributed by atoms with Crippen molar-refractivity contribution >= 4 is 11.9 Å². The molecule has 1 aromatic rings. The number of aliphatic hydroxyl groups excluding tert-OH is 4. The monoisotopic (exact) mass is 974 g/mol. The van der Waals surface area contributed by atoms with Crippen LogP contribution in [0.1, 0.15) is 270 Å². The van der Waals surface area contributed by atoms with E-state index in [1.54, 1.807) is 0 Å². The molecule has 0 bridgehead atoms. The Balaban J connectivity index is 1.68. The largest absolute Gasteiger partial charge is 0.463 e. The van der Waals surface area contributed by atoms with Crippen LogP contribution in [-0.2, 0) is 30.2 Å². The van der Waals surface area contributed by atoms with Crippen molar-refractivity contribution < 1.29 is 44.2 Å². The number of carbonyl (C=O) groups excluding carboxylic acids is 2. The fraction of sp³-hybridized carbons (Fsp3) is 0.864. The standard InChI is InChI=1S/C59H107NO9/c1-3-5-7-9-11-13-15-17-18-19-20-21-22-23-24-25-26-28-30-32-34-36-41-45-54(62)60-51(52(61)44-40-35-33-31-29-27-16-14-12-10-8-6-4-2)48-68-59-58(66)57(65)56(64)53(69-59)49-67-55(63)47-46-50-42-38-37-39-43-50/h37-39,42-43,51-53,56-59,61,64-66H,3-36,40-41,44-49H2,1-2H3,(H,60,62)/t51-,52+,53+,56-,57-,58+,59-/m0/s1. The van der Waals surface area contributed by atoms with E-state index < -0.39 is 48.8 Å². The van der Waals surface area contributed by atoms with Crippen molar-refractivity contribution in [3.8, 4) is 0 Å². The van der Waals surface area contributed by atoms with Gasteiger partial charge in [0.1, 0.15) is 31.0 Å². The van der Waals surface area contributed by atoms with Gasteiger partial charge in [0.15, 0.2) is 6.29 Å². The molecule has 1 aromatic carbocycles. The Hall–Kier alpha value is -2.08. The molecule has 10 heteroatoms. The molecule has 5 N–H and O–H groups in total. The summed E-state index contributed by atoms with van der Waals surface area (Å²) in [7, 11) is 0. The number of rotatable bonds is 48. The minimum absolute atomic E-state index is 0.135. The predicted octanol–water partition coefficient (Wildman–Crippen LogP) is 13.7. The van der Waals surface area contributed by atoms with E-state index in [9.17, 15) is 30.0 Å². The molecule has 0 saturated carbocycles. The van der Waals surface area contributed by atoms with Crippen LogP contribution in [0, 0.1) is 0 Å². The number of aliphatic hydroxyl groups is 4. The number of hydrogen-bond acceptors (Lipinski definition) is 9. The fourth-order valence-corrected chi connectivity index (χ4v) is 9.70. The van der Waals surface area contributed by atoms with Crippen LogP contribution in [0.3, 0.4) is 0 Å². The highest BCUT2D eigenvalue weighted by molar-refractivity contribution is 5.76. The van der Waals surface area contributed by atoms with E-state index in [0.717, 1.165) is 44.1 Å². The zero-order valence-electron chi connectivity index (χ0n) is 44.5. The quantitative estimate of drug-likeness (QED) is 0.0317. The highest BCUT2D eigenvalue weighted by Gasteiger charge is 2.45. The summed E-state index contributed by atoms with van der Waals surface area (Å²) in [4.78, 5) is 25.8. The molecule has 7 atom stereocenters. The third-order valence-electron chi connectivity index (χ3n) is 14.4. The van der Waals surface area contributed by atoms with Gasteiger partial charge in [0.25, 0.3) is 0 Å². The minimum atomic E-state index is -1.61. The van der Waals surface area contributed by atoms with Gasteiger partial charge < -0.3 is 40.0 Å². The van der Waals surface area contributed by atoms with Crippen molar-refractivity contribution in [1.82, 2.24) is 5.32 Å². The van der Waals surface area contributed by atoms with Crippen molar-refractivity contribution in [1.29, 1.82) is 0 Å². The number of unbranched alkanes of at least 4 members (excludes halogenated alkanes) is 34. The van der Waals surface area contributed by atoms with Gasteiger partial charge in [0, 0.05) is 12.8 Å². The number of nitrogens with one attached hydrogen (secondary N) is 1. The van der Waals surface area contributed by atoms with Crippen LogP contribution in [0.2, 0.25) is 0 Å². The van der Waals surface area contributed by atoms with Crippen molar-refractivity contribution in [2.24, 2.45) is 0 Å². The minimum Gasteiger partial charge on any atom is -0.463 e. The second-order valence-electron chi connectivity index (χ2n) is 20.8. The molecule has 1 aliphatic rings. The molecule has 402 valence electrons. The molecule has 0 radical (unpaired) electrons. The summed E-state index contributed by atoms with van der Waals surface area (Å²) in [6.45, 7) is 4.04. The molecule has 0 aromatic heterocycles. The van der Waals surface area contributed by atoms with Crippen molar-refractivity contribution in [3.63, 3.8) is 0 Å². The molecule has 1 aliphatic heterocycles. The van der Waals surface area contributed by atoms with Gasteiger partial charge in [-0.05, 0) is 24.8 Å². The van der Waals surface area contributed by atoms with Gasteiger partial charge in [0.2, 0.25) is 5.91 Å². The Morgan fingerprint density at radius 1 is 0.536 bits per heavy atom. The summed E-state index contributed by atoms with van der Waals surface area (Å²) in [5.74, 6) is -0.634. The lowest BCUT2D eigenvalue weighted by molar-refractivity contribution is -0.303. The van der Waals surface area contributed by atoms with Crippen LogP contribution in [-0.4, -0.2) is 88.4 Å². The molecule has 0 aliphatic carbocycles. The molecule has 10 nitrogen and oxygen atoms in total. The lowest BCUT2D eigenvalue weighted by Crippen LogP contribution is -2.60. The Bertz CT molecular complexity index is 1300. The van der Waals surface area contributed by atoms with Crippen molar-refractivity contribution in [2.45, 2.75) is 314 Å². The van der Waals surface area contributed by atoms with Crippen LogP contribution >= 0.6 is 0 Å². The number of benzene rings is 1. The van der Waals surface area contributed by atoms with E-state index in [4.69, 9.17) is 14.2 Å². The smallest absolute Gasteiger partial charge is 0.306 e. The topological polar surface area (TPSA) is 155 Å². The third kappa shape index (κ3) is 34.1. The van der Waals surface area contributed by atoms with Crippen LogP contribution in [0.25, 0.3) is 0 Å². The molecule has 1 amide bonds. The van der Waals surface area contributed by atoms with Crippen LogP contribution in [0.5, 0.6) is 0 Å². The third-order valence-corrected chi connectivity index (χ3v) is 14.4. The van der Waals surface area contributed by atoms with Gasteiger partial charge in [-0.25, -0.2) is 0 Å². The highest BCUT2D eigenvalue weighted by atomic mass is 16.7. The zero-order valence-corrected chi connectivity index (χ0v) is 44.5. The summed E-state index contributed by atoms with van der Waals surface area (Å²) in [6.07, 6.45) is 39.7. The maximum atomic E-state index is 13.2. The molecule has 2 rings (SSSR count). The van der Waals surface area contributed by atoms with Gasteiger partial charge in [-0.1, -0.05) is 269 Å². The van der Waals surface area contributed by atoms with Gasteiger partial charge in [-0.2, -0.15) is 0 Å². The van der Waals surface area contributed by atoms with E-state index in [-0.39, 0.29) is 25.5 Å². The summed E-state index contributed by atoms with van der Waals surface area (Å²) >= 11 is 0. The van der Waals surface area contributed by atoms with Crippen molar-refractivity contribution in [3.05, 3.63) is 35.9 Å². The molecule has 0 spiro atoms. The van der Waals surface area contributed by atoms with E-state index in [1.165, 1.54) is 193 Å².